The Balaban J connectivity index is 2.36. The largest absolute Gasteiger partial charge is 0.496 e. The topological polar surface area (TPSA) is 39.1 Å². The van der Waals surface area contributed by atoms with Gasteiger partial charge in [-0.2, -0.15) is 0 Å². The van der Waals surface area contributed by atoms with Gasteiger partial charge in [0.2, 0.25) is 0 Å². The maximum absolute atomic E-state index is 5.44. The second-order valence-electron chi connectivity index (χ2n) is 4.32. The predicted octanol–water partition coefficient (Wildman–Crippen LogP) is 3.06. The summed E-state index contributed by atoms with van der Waals surface area (Å²) in [5, 5.41) is 5.57. The van der Waals surface area contributed by atoms with Crippen molar-refractivity contribution >= 4 is 11.3 Å². The van der Waals surface area contributed by atoms with Crippen LogP contribution in [0.3, 0.4) is 0 Å². The first-order chi connectivity index (χ1) is 9.31. The molecule has 0 saturated heterocycles. The minimum Gasteiger partial charge on any atom is -0.496 e. The van der Waals surface area contributed by atoms with Gasteiger partial charge in [-0.05, 0) is 24.4 Å². The third kappa shape index (κ3) is 2.98. The molecule has 0 aliphatic heterocycles. The molecular formula is C14H21N3OS. The number of methoxy groups -OCH3 is 1. The van der Waals surface area contributed by atoms with Crippen LogP contribution in [-0.2, 0) is 6.54 Å². The summed E-state index contributed by atoms with van der Waals surface area (Å²) in [7, 11) is 1.72. The first-order valence-electron chi connectivity index (χ1n) is 6.67. The molecule has 1 atom stereocenters. The second kappa shape index (κ2) is 6.73. The van der Waals surface area contributed by atoms with Gasteiger partial charge in [0.05, 0.1) is 12.0 Å². The number of imidazole rings is 1. The fraction of sp³-hybridized carbons (Fsp3) is 0.500. The Morgan fingerprint density at radius 3 is 3.00 bits per heavy atom. The Morgan fingerprint density at radius 2 is 2.32 bits per heavy atom. The lowest BCUT2D eigenvalue weighted by molar-refractivity contribution is 0.405. The zero-order valence-corrected chi connectivity index (χ0v) is 12.5. The quantitative estimate of drug-likeness (QED) is 0.846. The van der Waals surface area contributed by atoms with Crippen LogP contribution in [-0.4, -0.2) is 23.2 Å². The maximum Gasteiger partial charge on any atom is 0.134 e. The van der Waals surface area contributed by atoms with Crippen LogP contribution >= 0.6 is 11.3 Å². The fourth-order valence-corrected chi connectivity index (χ4v) is 3.14. The van der Waals surface area contributed by atoms with E-state index in [9.17, 15) is 0 Å². The molecule has 0 aliphatic carbocycles. The molecule has 104 valence electrons. The van der Waals surface area contributed by atoms with Gasteiger partial charge in [0, 0.05) is 18.9 Å². The van der Waals surface area contributed by atoms with Crippen molar-refractivity contribution in [2.24, 2.45) is 0 Å². The van der Waals surface area contributed by atoms with Crippen LogP contribution in [0.5, 0.6) is 5.75 Å². The van der Waals surface area contributed by atoms with Crippen LogP contribution in [0, 0.1) is 0 Å². The van der Waals surface area contributed by atoms with Crippen molar-refractivity contribution in [3.63, 3.8) is 0 Å². The van der Waals surface area contributed by atoms with E-state index >= 15 is 0 Å². The smallest absolute Gasteiger partial charge is 0.134 e. The average molecular weight is 279 g/mol. The summed E-state index contributed by atoms with van der Waals surface area (Å²) in [6.07, 6.45) is 5.02. The summed E-state index contributed by atoms with van der Waals surface area (Å²) in [6, 6.07) is 2.11. The maximum atomic E-state index is 5.44. The Hall–Kier alpha value is -1.33. The van der Waals surface area contributed by atoms with Crippen molar-refractivity contribution in [1.29, 1.82) is 0 Å². The van der Waals surface area contributed by atoms with Gasteiger partial charge in [-0.25, -0.2) is 4.98 Å². The molecule has 5 heteroatoms. The Kier molecular flexibility index (Phi) is 4.99. The van der Waals surface area contributed by atoms with Gasteiger partial charge in [-0.1, -0.05) is 13.8 Å². The number of ether oxygens (including phenoxy) is 1. The summed E-state index contributed by atoms with van der Waals surface area (Å²) in [5.74, 6) is 1.99. The van der Waals surface area contributed by atoms with Crippen molar-refractivity contribution in [1.82, 2.24) is 14.9 Å². The molecule has 0 aromatic carbocycles. The minimum absolute atomic E-state index is 0.0986. The molecule has 19 heavy (non-hydrogen) atoms. The predicted molar refractivity (Wildman–Crippen MR) is 78.9 cm³/mol. The number of hydrogen-bond donors (Lipinski definition) is 1. The average Bonchev–Trinajstić information content (AvgIpc) is 3.05. The van der Waals surface area contributed by atoms with Gasteiger partial charge in [0.25, 0.3) is 0 Å². The molecule has 2 rings (SSSR count). The van der Waals surface area contributed by atoms with Gasteiger partial charge in [-0.15, -0.1) is 11.3 Å². The molecule has 0 fully saturated rings. The molecule has 4 nitrogen and oxygen atoms in total. The zero-order valence-electron chi connectivity index (χ0n) is 11.7. The summed E-state index contributed by atoms with van der Waals surface area (Å²) in [6.45, 7) is 6.17. The fourth-order valence-electron chi connectivity index (χ4n) is 2.20. The van der Waals surface area contributed by atoms with E-state index in [1.807, 2.05) is 18.5 Å². The molecule has 2 aromatic rings. The molecule has 1 unspecified atom stereocenters. The SMILES string of the molecule is CCCn1ccnc1C(NCC)c1sccc1OC. The minimum atomic E-state index is 0.0986. The van der Waals surface area contributed by atoms with Gasteiger partial charge in [0.15, 0.2) is 0 Å². The van der Waals surface area contributed by atoms with Crippen molar-refractivity contribution in [2.45, 2.75) is 32.9 Å². The van der Waals surface area contributed by atoms with Crippen LogP contribution in [0.15, 0.2) is 23.8 Å². The number of nitrogens with zero attached hydrogens (tertiary/aromatic N) is 2. The van der Waals surface area contributed by atoms with Gasteiger partial charge >= 0.3 is 0 Å². The molecule has 0 radical (unpaired) electrons. The molecule has 2 heterocycles. The van der Waals surface area contributed by atoms with Crippen molar-refractivity contribution in [3.8, 4) is 5.75 Å². The molecule has 0 saturated carbocycles. The lowest BCUT2D eigenvalue weighted by Gasteiger charge is -2.19. The zero-order chi connectivity index (χ0) is 13.7. The van der Waals surface area contributed by atoms with E-state index in [1.165, 1.54) is 4.88 Å². The van der Waals surface area contributed by atoms with E-state index in [-0.39, 0.29) is 6.04 Å². The Labute approximate surface area is 118 Å². The van der Waals surface area contributed by atoms with Crippen LogP contribution < -0.4 is 10.1 Å². The van der Waals surface area contributed by atoms with Crippen LogP contribution in [0.1, 0.15) is 37.0 Å². The normalized spacial score (nSPS) is 12.6. The van der Waals surface area contributed by atoms with Crippen molar-refractivity contribution in [2.75, 3.05) is 13.7 Å². The molecule has 0 amide bonds. The first kappa shape index (κ1) is 14.1. The lowest BCUT2D eigenvalue weighted by atomic mass is 10.2. The Bertz CT molecular complexity index is 506. The lowest BCUT2D eigenvalue weighted by Crippen LogP contribution is -2.25. The number of thiophene rings is 1. The van der Waals surface area contributed by atoms with E-state index in [0.29, 0.717) is 0 Å². The molecule has 1 N–H and O–H groups in total. The second-order valence-corrected chi connectivity index (χ2v) is 5.27. The van der Waals surface area contributed by atoms with Crippen LogP contribution in [0.2, 0.25) is 0 Å². The van der Waals surface area contributed by atoms with Gasteiger partial charge in [0.1, 0.15) is 17.6 Å². The van der Waals surface area contributed by atoms with Crippen LogP contribution in [0.4, 0.5) is 0 Å². The summed E-state index contributed by atoms with van der Waals surface area (Å²) < 4.78 is 7.66. The van der Waals surface area contributed by atoms with Crippen molar-refractivity contribution in [3.05, 3.63) is 34.5 Å². The number of hydrogen-bond acceptors (Lipinski definition) is 4. The van der Waals surface area contributed by atoms with E-state index in [1.54, 1.807) is 18.4 Å². The summed E-state index contributed by atoms with van der Waals surface area (Å²) in [5.41, 5.74) is 0. The van der Waals surface area contributed by atoms with E-state index in [0.717, 1.165) is 31.1 Å². The highest BCUT2D eigenvalue weighted by Crippen LogP contribution is 2.34. The standard InChI is InChI=1S/C14H21N3OS/c1-4-8-17-9-7-16-14(17)12(15-5-2)13-11(18-3)6-10-19-13/h6-7,9-10,12,15H,4-5,8H2,1-3H3. The highest BCUT2D eigenvalue weighted by molar-refractivity contribution is 7.10. The number of aryl methyl sites for hydroxylation is 1. The number of rotatable bonds is 7. The summed E-state index contributed by atoms with van der Waals surface area (Å²) in [4.78, 5) is 5.72. The number of aromatic nitrogens is 2. The monoisotopic (exact) mass is 279 g/mol. The molecule has 2 aromatic heterocycles. The van der Waals surface area contributed by atoms with E-state index < -0.39 is 0 Å². The van der Waals surface area contributed by atoms with Gasteiger partial charge < -0.3 is 14.6 Å². The Morgan fingerprint density at radius 1 is 1.47 bits per heavy atom. The van der Waals surface area contributed by atoms with E-state index in [2.05, 4.69) is 34.1 Å². The third-order valence-electron chi connectivity index (χ3n) is 3.02. The van der Waals surface area contributed by atoms with Crippen molar-refractivity contribution < 1.29 is 4.74 Å². The third-order valence-corrected chi connectivity index (χ3v) is 3.98. The molecule has 0 aliphatic rings. The van der Waals surface area contributed by atoms with Gasteiger partial charge in [-0.3, -0.25) is 0 Å². The van der Waals surface area contributed by atoms with E-state index in [4.69, 9.17) is 4.74 Å². The molecular weight excluding hydrogens is 258 g/mol. The number of nitrogens with one attached hydrogen (secondary N) is 1. The molecule has 0 spiro atoms. The highest BCUT2D eigenvalue weighted by atomic mass is 32.1. The van der Waals surface area contributed by atoms with Crippen LogP contribution in [0.25, 0.3) is 0 Å². The molecule has 0 bridgehead atoms. The first-order valence-corrected chi connectivity index (χ1v) is 7.55. The highest BCUT2D eigenvalue weighted by Gasteiger charge is 2.22. The summed E-state index contributed by atoms with van der Waals surface area (Å²) >= 11 is 1.71.